The van der Waals surface area contributed by atoms with Crippen molar-refractivity contribution in [2.24, 2.45) is 7.05 Å². The molecule has 3 aromatic rings. The summed E-state index contributed by atoms with van der Waals surface area (Å²) in [6.07, 6.45) is 0. The van der Waals surface area contributed by atoms with Crippen LogP contribution in [0, 0.1) is 6.92 Å². The zero-order valence-electron chi connectivity index (χ0n) is 23.2. The number of hydrazine groups is 1. The van der Waals surface area contributed by atoms with Crippen molar-refractivity contribution < 1.29 is 14.0 Å². The number of hydrogen-bond donors (Lipinski definition) is 2. The summed E-state index contributed by atoms with van der Waals surface area (Å²) in [5.41, 5.74) is 4.60. The van der Waals surface area contributed by atoms with Crippen LogP contribution in [0.15, 0.2) is 51.7 Å². The van der Waals surface area contributed by atoms with Gasteiger partial charge in [0.05, 0.1) is 13.1 Å². The molecule has 2 aromatic carbocycles. The number of amides is 2. The lowest BCUT2D eigenvalue weighted by Crippen LogP contribution is -2.48. The maximum absolute atomic E-state index is 13.4. The summed E-state index contributed by atoms with van der Waals surface area (Å²) in [6.45, 7) is 7.24. The molecule has 218 valence electrons. The molecule has 40 heavy (non-hydrogen) atoms. The van der Waals surface area contributed by atoms with E-state index in [-0.39, 0.29) is 55.6 Å². The molecule has 4 rings (SSSR count). The van der Waals surface area contributed by atoms with Gasteiger partial charge in [0.2, 0.25) is 11.8 Å². The molecule has 0 fully saturated rings. The lowest BCUT2D eigenvalue weighted by molar-refractivity contribution is -0.145. The topological polar surface area (TPSA) is 116 Å². The first-order valence-corrected chi connectivity index (χ1v) is 12.7. The molecule has 11 nitrogen and oxygen atoms in total. The Hall–Kier alpha value is -3.38. The van der Waals surface area contributed by atoms with Gasteiger partial charge in [-0.15, -0.1) is 29.9 Å². The second kappa shape index (κ2) is 14.8. The molecule has 0 bridgehead atoms. The van der Waals surface area contributed by atoms with E-state index >= 15 is 0 Å². The molecule has 2 N–H and O–H groups in total. The van der Waals surface area contributed by atoms with Crippen LogP contribution < -0.4 is 21.3 Å². The Morgan fingerprint density at radius 3 is 2.30 bits per heavy atom. The van der Waals surface area contributed by atoms with Crippen molar-refractivity contribution in [3.05, 3.63) is 69.7 Å². The van der Waals surface area contributed by atoms with Gasteiger partial charge in [0.25, 0.3) is 5.91 Å². The molecule has 13 heteroatoms. The van der Waals surface area contributed by atoms with Gasteiger partial charge in [-0.3, -0.25) is 14.6 Å². The van der Waals surface area contributed by atoms with Gasteiger partial charge < -0.3 is 20.0 Å². The van der Waals surface area contributed by atoms with Gasteiger partial charge in [-0.05, 0) is 48.4 Å². The van der Waals surface area contributed by atoms with Crippen molar-refractivity contribution in [3.8, 4) is 11.5 Å². The quantitative estimate of drug-likeness (QED) is 0.325. The number of hydrogen-bond acceptors (Lipinski definition) is 8. The molecule has 1 aliphatic rings. The van der Waals surface area contributed by atoms with Gasteiger partial charge in [-0.25, -0.2) is 9.80 Å². The molecule has 0 radical (unpaired) electrons. The summed E-state index contributed by atoms with van der Waals surface area (Å²) in [6, 6.07) is 13.6. The summed E-state index contributed by atoms with van der Waals surface area (Å²) >= 11 is 0. The summed E-state index contributed by atoms with van der Waals surface area (Å²) < 4.78 is 6.34. The summed E-state index contributed by atoms with van der Waals surface area (Å²) in [7, 11) is 3.29. The third-order valence-corrected chi connectivity index (χ3v) is 6.62. The molecule has 1 aromatic heterocycles. The first-order chi connectivity index (χ1) is 18.3. The van der Waals surface area contributed by atoms with E-state index < -0.39 is 5.76 Å². The van der Waals surface area contributed by atoms with Gasteiger partial charge >= 0.3 is 5.76 Å². The second-order valence-corrected chi connectivity index (χ2v) is 9.37. The highest BCUT2D eigenvalue weighted by atomic mass is 35.5. The number of nitrogens with zero attached hydrogens (tertiary/aromatic N) is 5. The predicted octanol–water partition coefficient (Wildman–Crippen LogP) is 2.11. The van der Waals surface area contributed by atoms with E-state index in [0.29, 0.717) is 31.7 Å². The summed E-state index contributed by atoms with van der Waals surface area (Å²) in [5.74, 6) is -0.636. The Labute approximate surface area is 246 Å². The number of carbonyl (C=O) groups is 2. The molecule has 0 saturated carbocycles. The SMILES string of the molecule is CCNCCNC(=O)CN(CC(=O)N(C)N1Cc2ccccc2C1)c1ccc(-c2nn(C)c(=O)o2)cc1C.Cl.Cl. The predicted molar refractivity (Wildman–Crippen MR) is 159 cm³/mol. The van der Waals surface area contributed by atoms with Gasteiger partial charge in [-0.1, -0.05) is 31.2 Å². The molecule has 0 unspecified atom stereocenters. The molecular weight excluding hydrogens is 557 g/mol. The minimum Gasteiger partial charge on any atom is -0.388 e. The Morgan fingerprint density at radius 2 is 1.73 bits per heavy atom. The lowest BCUT2D eigenvalue weighted by atomic mass is 10.1. The third kappa shape index (κ3) is 7.85. The van der Waals surface area contributed by atoms with Crippen molar-refractivity contribution >= 4 is 42.3 Å². The van der Waals surface area contributed by atoms with Gasteiger partial charge in [0, 0.05) is 51.5 Å². The summed E-state index contributed by atoms with van der Waals surface area (Å²) in [4.78, 5) is 39.7. The van der Waals surface area contributed by atoms with Crippen LogP contribution in [-0.4, -0.2) is 71.4 Å². The molecule has 0 spiro atoms. The number of carbonyl (C=O) groups excluding carboxylic acids is 2. The normalized spacial score (nSPS) is 12.2. The number of halogens is 2. The highest BCUT2D eigenvalue weighted by molar-refractivity contribution is 5.87. The van der Waals surface area contributed by atoms with Crippen LogP contribution in [-0.2, 0) is 29.7 Å². The number of likely N-dealkylation sites (N-methyl/N-ethyl adjacent to an activating group) is 2. The number of benzene rings is 2. The van der Waals surface area contributed by atoms with E-state index in [9.17, 15) is 14.4 Å². The van der Waals surface area contributed by atoms with Crippen LogP contribution >= 0.6 is 24.8 Å². The maximum Gasteiger partial charge on any atom is 0.437 e. The smallest absolute Gasteiger partial charge is 0.388 e. The van der Waals surface area contributed by atoms with Crippen molar-refractivity contribution in [3.63, 3.8) is 0 Å². The van der Waals surface area contributed by atoms with E-state index in [1.165, 1.54) is 18.2 Å². The van der Waals surface area contributed by atoms with Crippen molar-refractivity contribution in [1.82, 2.24) is 30.4 Å². The zero-order valence-corrected chi connectivity index (χ0v) is 24.8. The van der Waals surface area contributed by atoms with Crippen LogP contribution in [0.25, 0.3) is 11.5 Å². The Bertz CT molecular complexity index is 1340. The van der Waals surface area contributed by atoms with E-state index in [1.807, 2.05) is 43.1 Å². The Morgan fingerprint density at radius 1 is 1.05 bits per heavy atom. The fraction of sp³-hybridized carbons (Fsp3) is 0.407. The minimum atomic E-state index is -0.546. The van der Waals surface area contributed by atoms with Crippen LogP contribution in [0.3, 0.4) is 0 Å². The van der Waals surface area contributed by atoms with Crippen LogP contribution in [0.5, 0.6) is 0 Å². The van der Waals surface area contributed by atoms with Crippen molar-refractivity contribution in [2.75, 3.05) is 44.7 Å². The van der Waals surface area contributed by atoms with Crippen molar-refractivity contribution in [1.29, 1.82) is 0 Å². The van der Waals surface area contributed by atoms with Gasteiger partial charge in [0.1, 0.15) is 0 Å². The molecule has 0 aliphatic carbocycles. The molecular formula is C27H37Cl2N7O4. The largest absolute Gasteiger partial charge is 0.437 e. The monoisotopic (exact) mass is 593 g/mol. The number of aryl methyl sites for hydroxylation is 2. The van der Waals surface area contributed by atoms with E-state index in [0.717, 1.165) is 22.5 Å². The number of fused-ring (bicyclic) bond motifs is 1. The van der Waals surface area contributed by atoms with Crippen LogP contribution in [0.4, 0.5) is 5.69 Å². The third-order valence-electron chi connectivity index (χ3n) is 6.62. The number of rotatable bonds is 11. The molecule has 0 atom stereocenters. The summed E-state index contributed by atoms with van der Waals surface area (Å²) in [5, 5.41) is 13.8. The fourth-order valence-electron chi connectivity index (χ4n) is 4.48. The highest BCUT2D eigenvalue weighted by Gasteiger charge is 2.27. The van der Waals surface area contributed by atoms with Crippen LogP contribution in [0.2, 0.25) is 0 Å². The minimum absolute atomic E-state index is 0. The van der Waals surface area contributed by atoms with Crippen LogP contribution in [0.1, 0.15) is 23.6 Å². The molecule has 2 amide bonds. The molecule has 0 saturated heterocycles. The fourth-order valence-corrected chi connectivity index (χ4v) is 4.48. The number of aromatic nitrogens is 2. The number of anilines is 1. The van der Waals surface area contributed by atoms with Gasteiger partial charge in [-0.2, -0.15) is 4.68 Å². The first kappa shape index (κ1) is 32.8. The Balaban J connectivity index is 0.00000280. The lowest BCUT2D eigenvalue weighted by Gasteiger charge is -2.32. The maximum atomic E-state index is 13.4. The number of nitrogens with one attached hydrogen (secondary N) is 2. The zero-order chi connectivity index (χ0) is 27.2. The van der Waals surface area contributed by atoms with E-state index in [2.05, 4.69) is 27.9 Å². The average molecular weight is 595 g/mol. The average Bonchev–Trinajstić information content (AvgIpc) is 3.48. The van der Waals surface area contributed by atoms with Crippen molar-refractivity contribution in [2.45, 2.75) is 26.9 Å². The Kier molecular flexibility index (Phi) is 12.2. The standard InChI is InChI=1S/C27H35N7O4.2ClH/c1-5-28-12-13-29-24(35)17-33(18-25(36)32(4)34-15-21-8-6-7-9-22(21)16-34)23-11-10-20(14-19(23)2)26-30-31(3)27(37)38-26;;/h6-11,14,28H,5,12-13,15-18H2,1-4H3,(H,29,35);2*1H. The van der Waals surface area contributed by atoms with E-state index in [4.69, 9.17) is 4.42 Å². The van der Waals surface area contributed by atoms with E-state index in [1.54, 1.807) is 23.0 Å². The highest BCUT2D eigenvalue weighted by Crippen LogP contribution is 2.27. The first-order valence-electron chi connectivity index (χ1n) is 12.7. The molecule has 2 heterocycles. The molecule has 1 aliphatic heterocycles. The second-order valence-electron chi connectivity index (χ2n) is 9.37. The van der Waals surface area contributed by atoms with Gasteiger partial charge in [0.15, 0.2) is 0 Å².